The summed E-state index contributed by atoms with van der Waals surface area (Å²) in [7, 11) is 0. The van der Waals surface area contributed by atoms with Crippen molar-refractivity contribution in [2.45, 2.75) is 59.0 Å². The third-order valence-corrected chi connectivity index (χ3v) is 4.53. The van der Waals surface area contributed by atoms with Gasteiger partial charge >= 0.3 is 5.97 Å². The number of amides is 1. The first-order chi connectivity index (χ1) is 11.5. The maximum atomic E-state index is 12.1. The fourth-order valence-corrected chi connectivity index (χ4v) is 2.77. The maximum absolute atomic E-state index is 12.1. The van der Waals surface area contributed by atoms with Gasteiger partial charge in [0.15, 0.2) is 6.10 Å². The molecule has 0 spiro atoms. The van der Waals surface area contributed by atoms with Gasteiger partial charge in [-0.25, -0.2) is 4.79 Å². The number of hydrogen-bond donors (Lipinski definition) is 1. The molecule has 0 radical (unpaired) electrons. The molecule has 1 aliphatic carbocycles. The normalized spacial score (nSPS) is 15.4. The van der Waals surface area contributed by atoms with Gasteiger partial charge < -0.3 is 10.1 Å². The standard InChI is InChI=1S/C20H27NO3/c1-14-9-10-18(13-15(14)2)20(23)24-16(3)19(22)21-12-11-17-7-5-4-6-8-17/h7,9-10,13,16H,4-6,8,11-12H2,1-3H3,(H,21,22)/t16-/m0/s1. The number of esters is 1. The van der Waals surface area contributed by atoms with Crippen molar-refractivity contribution in [3.05, 3.63) is 46.5 Å². The predicted octanol–water partition coefficient (Wildman–Crippen LogP) is 3.86. The van der Waals surface area contributed by atoms with E-state index in [2.05, 4.69) is 11.4 Å². The summed E-state index contributed by atoms with van der Waals surface area (Å²) >= 11 is 0. The summed E-state index contributed by atoms with van der Waals surface area (Å²) in [5, 5.41) is 2.85. The SMILES string of the molecule is Cc1ccc(C(=O)O[C@@H](C)C(=O)NCCC2=CCCCC2)cc1C. The molecular weight excluding hydrogens is 302 g/mol. The van der Waals surface area contributed by atoms with Crippen LogP contribution >= 0.6 is 0 Å². The highest BCUT2D eigenvalue weighted by Gasteiger charge is 2.19. The van der Waals surface area contributed by atoms with Gasteiger partial charge in [-0.1, -0.05) is 17.7 Å². The zero-order chi connectivity index (χ0) is 17.5. The van der Waals surface area contributed by atoms with E-state index in [0.29, 0.717) is 12.1 Å². The molecule has 0 aliphatic heterocycles. The molecule has 130 valence electrons. The number of allylic oxidation sites excluding steroid dienone is 1. The van der Waals surface area contributed by atoms with Crippen LogP contribution in [0.2, 0.25) is 0 Å². The first kappa shape index (κ1) is 18.2. The molecule has 1 aromatic carbocycles. The molecule has 4 heteroatoms. The average molecular weight is 329 g/mol. The van der Waals surface area contributed by atoms with Crippen LogP contribution in [0.1, 0.15) is 60.5 Å². The van der Waals surface area contributed by atoms with Gasteiger partial charge in [0.25, 0.3) is 5.91 Å². The van der Waals surface area contributed by atoms with E-state index in [0.717, 1.165) is 30.4 Å². The van der Waals surface area contributed by atoms with Gasteiger partial charge in [0.05, 0.1) is 5.56 Å². The summed E-state index contributed by atoms with van der Waals surface area (Å²) in [5.74, 6) is -0.709. The Morgan fingerprint density at radius 3 is 2.67 bits per heavy atom. The molecule has 1 N–H and O–H groups in total. The van der Waals surface area contributed by atoms with Crippen molar-refractivity contribution in [3.8, 4) is 0 Å². The number of hydrogen-bond acceptors (Lipinski definition) is 3. The lowest BCUT2D eigenvalue weighted by Crippen LogP contribution is -2.36. The Kier molecular flexibility index (Phi) is 6.59. The fraction of sp³-hybridized carbons (Fsp3) is 0.500. The monoisotopic (exact) mass is 329 g/mol. The van der Waals surface area contributed by atoms with Crippen LogP contribution in [0.25, 0.3) is 0 Å². The van der Waals surface area contributed by atoms with Crippen LogP contribution in [0.3, 0.4) is 0 Å². The van der Waals surface area contributed by atoms with Crippen molar-refractivity contribution in [1.82, 2.24) is 5.32 Å². The summed E-state index contributed by atoms with van der Waals surface area (Å²) in [6.07, 6.45) is 7.15. The first-order valence-electron chi connectivity index (χ1n) is 8.71. The number of benzene rings is 1. The summed E-state index contributed by atoms with van der Waals surface area (Å²) in [4.78, 5) is 24.2. The number of aryl methyl sites for hydroxylation is 2. The smallest absolute Gasteiger partial charge is 0.338 e. The number of ether oxygens (including phenoxy) is 1. The Bertz CT molecular complexity index is 634. The fourth-order valence-electron chi connectivity index (χ4n) is 2.77. The van der Waals surface area contributed by atoms with Crippen molar-refractivity contribution >= 4 is 11.9 Å². The lowest BCUT2D eigenvalue weighted by atomic mass is 9.97. The van der Waals surface area contributed by atoms with Crippen LogP contribution in [0.5, 0.6) is 0 Å². The van der Waals surface area contributed by atoms with Crippen LogP contribution in [-0.2, 0) is 9.53 Å². The Morgan fingerprint density at radius 1 is 1.21 bits per heavy atom. The molecule has 24 heavy (non-hydrogen) atoms. The average Bonchev–Trinajstić information content (AvgIpc) is 2.58. The van der Waals surface area contributed by atoms with E-state index in [9.17, 15) is 9.59 Å². The summed E-state index contributed by atoms with van der Waals surface area (Å²) in [5.41, 5.74) is 4.04. The third kappa shape index (κ3) is 5.22. The minimum absolute atomic E-state index is 0.247. The first-order valence-corrected chi connectivity index (χ1v) is 8.71. The van der Waals surface area contributed by atoms with Crippen LogP contribution in [0.15, 0.2) is 29.8 Å². The summed E-state index contributed by atoms with van der Waals surface area (Å²) < 4.78 is 5.27. The Hall–Kier alpha value is -2.10. The second kappa shape index (κ2) is 8.67. The van der Waals surface area contributed by atoms with Gasteiger partial charge in [0.1, 0.15) is 0 Å². The lowest BCUT2D eigenvalue weighted by Gasteiger charge is -2.16. The van der Waals surface area contributed by atoms with Crippen LogP contribution < -0.4 is 5.32 Å². The van der Waals surface area contributed by atoms with Gasteiger partial charge in [-0.15, -0.1) is 0 Å². The molecular formula is C20H27NO3. The number of carbonyl (C=O) groups is 2. The quantitative estimate of drug-likeness (QED) is 0.637. The van der Waals surface area contributed by atoms with Crippen molar-refractivity contribution < 1.29 is 14.3 Å². The predicted molar refractivity (Wildman–Crippen MR) is 95.0 cm³/mol. The number of nitrogens with one attached hydrogen (secondary N) is 1. The molecule has 0 unspecified atom stereocenters. The van der Waals surface area contributed by atoms with Gasteiger partial charge in [0, 0.05) is 6.54 Å². The lowest BCUT2D eigenvalue weighted by molar-refractivity contribution is -0.129. The van der Waals surface area contributed by atoms with Gasteiger partial charge in [-0.2, -0.15) is 0 Å². The van der Waals surface area contributed by atoms with Crippen LogP contribution in [0.4, 0.5) is 0 Å². The zero-order valence-corrected chi connectivity index (χ0v) is 14.9. The van der Waals surface area contributed by atoms with Crippen LogP contribution in [-0.4, -0.2) is 24.5 Å². The van der Waals surface area contributed by atoms with Gasteiger partial charge in [-0.3, -0.25) is 4.79 Å². The molecule has 1 aromatic rings. The molecule has 0 saturated heterocycles. The molecule has 1 aliphatic rings. The van der Waals surface area contributed by atoms with E-state index in [1.165, 1.54) is 18.4 Å². The summed E-state index contributed by atoms with van der Waals surface area (Å²) in [6, 6.07) is 5.40. The minimum atomic E-state index is -0.792. The topological polar surface area (TPSA) is 55.4 Å². The second-order valence-corrected chi connectivity index (χ2v) is 6.50. The molecule has 0 aromatic heterocycles. The largest absolute Gasteiger partial charge is 0.449 e. The van der Waals surface area contributed by atoms with Crippen LogP contribution in [0, 0.1) is 13.8 Å². The highest BCUT2D eigenvalue weighted by atomic mass is 16.5. The third-order valence-electron chi connectivity index (χ3n) is 4.53. The second-order valence-electron chi connectivity index (χ2n) is 6.50. The molecule has 0 saturated carbocycles. The zero-order valence-electron chi connectivity index (χ0n) is 14.9. The molecule has 0 bridgehead atoms. The molecule has 2 rings (SSSR count). The van der Waals surface area contributed by atoms with Crippen molar-refractivity contribution in [1.29, 1.82) is 0 Å². The van der Waals surface area contributed by atoms with Crippen molar-refractivity contribution in [3.63, 3.8) is 0 Å². The van der Waals surface area contributed by atoms with E-state index in [-0.39, 0.29) is 5.91 Å². The molecule has 4 nitrogen and oxygen atoms in total. The van der Waals surface area contributed by atoms with E-state index < -0.39 is 12.1 Å². The molecule has 1 atom stereocenters. The minimum Gasteiger partial charge on any atom is -0.449 e. The van der Waals surface area contributed by atoms with Crippen molar-refractivity contribution in [2.75, 3.05) is 6.54 Å². The Morgan fingerprint density at radius 2 is 2.00 bits per heavy atom. The maximum Gasteiger partial charge on any atom is 0.338 e. The highest BCUT2D eigenvalue weighted by Crippen LogP contribution is 2.19. The molecule has 0 heterocycles. The number of rotatable bonds is 6. The highest BCUT2D eigenvalue weighted by molar-refractivity contribution is 5.92. The van der Waals surface area contributed by atoms with E-state index in [4.69, 9.17) is 4.74 Å². The Labute approximate surface area is 144 Å². The molecule has 0 fully saturated rings. The van der Waals surface area contributed by atoms with Crippen molar-refractivity contribution in [2.24, 2.45) is 0 Å². The van der Waals surface area contributed by atoms with E-state index in [1.807, 2.05) is 19.9 Å². The van der Waals surface area contributed by atoms with Gasteiger partial charge in [0.2, 0.25) is 0 Å². The van der Waals surface area contributed by atoms with E-state index >= 15 is 0 Å². The summed E-state index contributed by atoms with van der Waals surface area (Å²) in [6.45, 7) is 6.13. The van der Waals surface area contributed by atoms with E-state index in [1.54, 1.807) is 19.1 Å². The number of carbonyl (C=O) groups excluding carboxylic acids is 2. The molecule has 1 amide bonds. The van der Waals surface area contributed by atoms with Gasteiger partial charge in [-0.05, 0) is 76.1 Å². The Balaban J connectivity index is 1.78.